The Morgan fingerprint density at radius 2 is 1.92 bits per heavy atom. The second-order valence-corrected chi connectivity index (χ2v) is 5.41. The summed E-state index contributed by atoms with van der Waals surface area (Å²) in [5.74, 6) is 1.17. The topological polar surface area (TPSA) is 73.9 Å². The van der Waals surface area contributed by atoms with Gasteiger partial charge in [0.2, 0.25) is 12.7 Å². The van der Waals surface area contributed by atoms with Gasteiger partial charge < -0.3 is 19.5 Å². The summed E-state index contributed by atoms with van der Waals surface area (Å²) in [6.07, 6.45) is 3.06. The minimum atomic E-state index is -0.357. The molecule has 25 heavy (non-hydrogen) atoms. The van der Waals surface area contributed by atoms with E-state index in [2.05, 4.69) is 5.32 Å². The van der Waals surface area contributed by atoms with Crippen LogP contribution in [0.1, 0.15) is 22.8 Å². The number of rotatable bonds is 5. The Morgan fingerprint density at radius 1 is 1.16 bits per heavy atom. The summed E-state index contributed by atoms with van der Waals surface area (Å²) in [4.78, 5) is 24.0. The van der Waals surface area contributed by atoms with Crippen LogP contribution in [0.2, 0.25) is 0 Å². The van der Waals surface area contributed by atoms with Crippen molar-refractivity contribution in [1.82, 2.24) is 0 Å². The van der Waals surface area contributed by atoms with Crippen molar-refractivity contribution < 1.29 is 23.8 Å². The van der Waals surface area contributed by atoms with Gasteiger partial charge in [-0.2, -0.15) is 0 Å². The molecule has 0 saturated carbocycles. The van der Waals surface area contributed by atoms with Crippen LogP contribution in [-0.2, 0) is 4.79 Å². The van der Waals surface area contributed by atoms with Gasteiger partial charge in [-0.15, -0.1) is 0 Å². The van der Waals surface area contributed by atoms with E-state index in [4.69, 9.17) is 14.2 Å². The molecule has 6 heteroatoms. The summed E-state index contributed by atoms with van der Waals surface area (Å²) in [5.41, 5.74) is 1.58. The highest BCUT2D eigenvalue weighted by Crippen LogP contribution is 2.37. The van der Waals surface area contributed by atoms with Gasteiger partial charge in [0.05, 0.1) is 12.8 Å². The average molecular weight is 339 g/mol. The van der Waals surface area contributed by atoms with E-state index in [1.807, 2.05) is 24.3 Å². The number of anilines is 1. The molecule has 2 aromatic rings. The second-order valence-electron chi connectivity index (χ2n) is 5.41. The number of Topliss-reactive ketones (excluding diaryl/α,β-unsaturated/α-hetero) is 1. The Labute approximate surface area is 145 Å². The number of hydrogen-bond acceptors (Lipinski definition) is 5. The van der Waals surface area contributed by atoms with Crippen molar-refractivity contribution in [3.8, 4) is 17.2 Å². The Kier molecular flexibility index (Phi) is 4.70. The fraction of sp³-hybridized carbons (Fsp3) is 0.158. The molecule has 128 valence electrons. The van der Waals surface area contributed by atoms with Crippen molar-refractivity contribution in [2.45, 2.75) is 6.92 Å². The quantitative estimate of drug-likeness (QED) is 0.668. The van der Waals surface area contributed by atoms with Crippen LogP contribution in [0.3, 0.4) is 0 Å². The first-order chi connectivity index (χ1) is 12.1. The van der Waals surface area contributed by atoms with Crippen LogP contribution in [-0.4, -0.2) is 25.6 Å². The SMILES string of the molecule is COc1cccc(/C=C/C(=O)Nc2cc3c(cc2C(C)=O)OCO3)c1. The summed E-state index contributed by atoms with van der Waals surface area (Å²) in [7, 11) is 1.58. The fourth-order valence-corrected chi connectivity index (χ4v) is 2.43. The number of amides is 1. The summed E-state index contributed by atoms with van der Waals surface area (Å²) >= 11 is 0. The minimum Gasteiger partial charge on any atom is -0.497 e. The maximum atomic E-state index is 12.2. The first-order valence-electron chi connectivity index (χ1n) is 7.64. The van der Waals surface area contributed by atoms with Crippen LogP contribution in [0, 0.1) is 0 Å². The van der Waals surface area contributed by atoms with Gasteiger partial charge in [0.25, 0.3) is 0 Å². The van der Waals surface area contributed by atoms with Crippen molar-refractivity contribution >= 4 is 23.5 Å². The van der Waals surface area contributed by atoms with Crippen molar-refractivity contribution in [3.63, 3.8) is 0 Å². The van der Waals surface area contributed by atoms with E-state index in [1.54, 1.807) is 25.3 Å². The normalized spacial score (nSPS) is 12.2. The van der Waals surface area contributed by atoms with E-state index < -0.39 is 0 Å². The third kappa shape index (κ3) is 3.80. The van der Waals surface area contributed by atoms with Gasteiger partial charge in [-0.25, -0.2) is 0 Å². The zero-order chi connectivity index (χ0) is 17.8. The molecular formula is C19H17NO5. The number of carbonyl (C=O) groups excluding carboxylic acids is 2. The molecule has 0 atom stereocenters. The van der Waals surface area contributed by atoms with Gasteiger partial charge in [-0.05, 0) is 36.8 Å². The zero-order valence-electron chi connectivity index (χ0n) is 13.9. The lowest BCUT2D eigenvalue weighted by molar-refractivity contribution is -0.111. The molecule has 2 aromatic carbocycles. The lowest BCUT2D eigenvalue weighted by atomic mass is 10.1. The summed E-state index contributed by atoms with van der Waals surface area (Å²) in [6, 6.07) is 10.5. The molecule has 0 aromatic heterocycles. The van der Waals surface area contributed by atoms with Crippen LogP contribution in [0.5, 0.6) is 17.2 Å². The number of nitrogens with one attached hydrogen (secondary N) is 1. The predicted molar refractivity (Wildman–Crippen MR) is 93.2 cm³/mol. The lowest BCUT2D eigenvalue weighted by Gasteiger charge is -2.09. The van der Waals surface area contributed by atoms with Gasteiger partial charge in [-0.1, -0.05) is 12.1 Å². The number of ketones is 1. The number of carbonyl (C=O) groups is 2. The maximum absolute atomic E-state index is 12.2. The van der Waals surface area contributed by atoms with Gasteiger partial charge in [-0.3, -0.25) is 9.59 Å². The number of fused-ring (bicyclic) bond motifs is 1. The summed E-state index contributed by atoms with van der Waals surface area (Å²) in [5, 5.41) is 2.71. The lowest BCUT2D eigenvalue weighted by Crippen LogP contribution is -2.11. The van der Waals surface area contributed by atoms with E-state index in [-0.39, 0.29) is 18.5 Å². The van der Waals surface area contributed by atoms with Crippen molar-refractivity contribution in [3.05, 3.63) is 53.6 Å². The maximum Gasteiger partial charge on any atom is 0.248 e. The van der Waals surface area contributed by atoms with Crippen molar-refractivity contribution in [1.29, 1.82) is 0 Å². The molecule has 0 aliphatic carbocycles. The molecule has 1 N–H and O–H groups in total. The Bertz CT molecular complexity index is 857. The number of methoxy groups -OCH3 is 1. The smallest absolute Gasteiger partial charge is 0.248 e. The van der Waals surface area contributed by atoms with Gasteiger partial charge in [0, 0.05) is 17.7 Å². The molecule has 1 aliphatic rings. The van der Waals surface area contributed by atoms with Gasteiger partial charge in [0.15, 0.2) is 17.3 Å². The van der Waals surface area contributed by atoms with Crippen LogP contribution in [0.25, 0.3) is 6.08 Å². The fourth-order valence-electron chi connectivity index (χ4n) is 2.43. The standard InChI is InChI=1S/C19H17NO5/c1-12(21)15-9-17-18(25-11-24-17)10-16(15)20-19(22)7-6-13-4-3-5-14(8-13)23-2/h3-10H,11H2,1-2H3,(H,20,22)/b7-6+. The molecule has 0 saturated heterocycles. The minimum absolute atomic E-state index is 0.0970. The van der Waals surface area contributed by atoms with Crippen LogP contribution < -0.4 is 19.5 Å². The molecule has 3 rings (SSSR count). The van der Waals surface area contributed by atoms with Crippen molar-refractivity contribution in [2.75, 3.05) is 19.2 Å². The highest BCUT2D eigenvalue weighted by Gasteiger charge is 2.19. The third-order valence-electron chi connectivity index (χ3n) is 3.67. The van der Waals surface area contributed by atoms with E-state index in [0.29, 0.717) is 28.5 Å². The molecule has 0 radical (unpaired) electrons. The van der Waals surface area contributed by atoms with E-state index in [9.17, 15) is 9.59 Å². The van der Waals surface area contributed by atoms with Gasteiger partial charge in [0.1, 0.15) is 5.75 Å². The second kappa shape index (κ2) is 7.09. The number of ether oxygens (including phenoxy) is 3. The largest absolute Gasteiger partial charge is 0.497 e. The number of hydrogen-bond donors (Lipinski definition) is 1. The van der Waals surface area contributed by atoms with Crippen LogP contribution in [0.4, 0.5) is 5.69 Å². The van der Waals surface area contributed by atoms with E-state index in [1.165, 1.54) is 13.0 Å². The molecule has 0 bridgehead atoms. The Hall–Kier alpha value is -3.28. The highest BCUT2D eigenvalue weighted by atomic mass is 16.7. The average Bonchev–Trinajstić information content (AvgIpc) is 3.06. The molecular weight excluding hydrogens is 322 g/mol. The zero-order valence-corrected chi connectivity index (χ0v) is 13.9. The van der Waals surface area contributed by atoms with E-state index in [0.717, 1.165) is 5.56 Å². The molecule has 1 amide bonds. The van der Waals surface area contributed by atoms with Crippen LogP contribution >= 0.6 is 0 Å². The summed E-state index contributed by atoms with van der Waals surface area (Å²) in [6.45, 7) is 1.53. The molecule has 1 aliphatic heterocycles. The monoisotopic (exact) mass is 339 g/mol. The Balaban J connectivity index is 1.78. The van der Waals surface area contributed by atoms with Crippen LogP contribution in [0.15, 0.2) is 42.5 Å². The molecule has 0 fully saturated rings. The molecule has 6 nitrogen and oxygen atoms in total. The molecule has 1 heterocycles. The van der Waals surface area contributed by atoms with E-state index >= 15 is 0 Å². The van der Waals surface area contributed by atoms with Gasteiger partial charge >= 0.3 is 0 Å². The predicted octanol–water partition coefficient (Wildman–Crippen LogP) is 3.28. The molecule has 0 unspecified atom stereocenters. The number of benzene rings is 2. The first-order valence-corrected chi connectivity index (χ1v) is 7.64. The Morgan fingerprint density at radius 3 is 2.64 bits per heavy atom. The highest BCUT2D eigenvalue weighted by molar-refractivity contribution is 6.08. The molecule has 0 spiro atoms. The summed E-state index contributed by atoms with van der Waals surface area (Å²) < 4.78 is 15.7. The first kappa shape index (κ1) is 16.6. The third-order valence-corrected chi connectivity index (χ3v) is 3.67. The van der Waals surface area contributed by atoms with Crippen molar-refractivity contribution in [2.24, 2.45) is 0 Å².